The highest BCUT2D eigenvalue weighted by Gasteiger charge is 2.34. The highest BCUT2D eigenvalue weighted by molar-refractivity contribution is 6.30. The summed E-state index contributed by atoms with van der Waals surface area (Å²) in [7, 11) is 1.45. The van der Waals surface area contributed by atoms with E-state index in [1.807, 2.05) is 0 Å². The summed E-state index contributed by atoms with van der Waals surface area (Å²) in [6, 6.07) is 4.98. The lowest BCUT2D eigenvalue weighted by Gasteiger charge is -2.24. The number of benzene rings is 1. The molecule has 25 heavy (non-hydrogen) atoms. The van der Waals surface area contributed by atoms with Crippen molar-refractivity contribution in [2.24, 2.45) is 0 Å². The molecule has 0 radical (unpaired) electrons. The molecule has 0 bridgehead atoms. The molecule has 0 fully saturated rings. The summed E-state index contributed by atoms with van der Waals surface area (Å²) in [4.78, 5) is 17.6. The lowest BCUT2D eigenvalue weighted by atomic mass is 10.1. The molecule has 0 saturated heterocycles. The van der Waals surface area contributed by atoms with Gasteiger partial charge in [-0.15, -0.1) is 0 Å². The lowest BCUT2D eigenvalue weighted by molar-refractivity contribution is -0.0533. The van der Waals surface area contributed by atoms with Crippen molar-refractivity contribution in [1.29, 1.82) is 0 Å². The molecule has 1 atom stereocenters. The molecule has 0 spiro atoms. The molecule has 3 rings (SSSR count). The zero-order valence-electron chi connectivity index (χ0n) is 12.9. The van der Waals surface area contributed by atoms with Crippen LogP contribution in [0, 0.1) is 5.82 Å². The summed E-state index contributed by atoms with van der Waals surface area (Å²) in [6.45, 7) is -3.10. The molecule has 1 unspecified atom stereocenters. The van der Waals surface area contributed by atoms with Crippen molar-refractivity contribution < 1.29 is 27.4 Å². The molecule has 9 heteroatoms. The number of para-hydroxylation sites is 1. The van der Waals surface area contributed by atoms with Crippen LogP contribution in [-0.2, 0) is 0 Å². The highest BCUT2D eigenvalue weighted by Crippen LogP contribution is 2.38. The van der Waals surface area contributed by atoms with Crippen LogP contribution in [0.4, 0.5) is 13.2 Å². The van der Waals surface area contributed by atoms with Gasteiger partial charge in [-0.1, -0.05) is 23.7 Å². The predicted octanol–water partition coefficient (Wildman–Crippen LogP) is 3.68. The molecule has 0 saturated carbocycles. The van der Waals surface area contributed by atoms with Crippen molar-refractivity contribution in [2.75, 3.05) is 13.7 Å². The van der Waals surface area contributed by atoms with Crippen LogP contribution >= 0.6 is 11.6 Å². The second-order valence-electron chi connectivity index (χ2n) is 5.29. The second-order valence-corrected chi connectivity index (χ2v) is 5.72. The number of halogens is 4. The van der Waals surface area contributed by atoms with Crippen molar-refractivity contribution in [3.63, 3.8) is 0 Å². The molecule has 0 aliphatic carbocycles. The minimum absolute atomic E-state index is 0.0392. The molecular formula is C16H12ClF3N2O3. The number of ether oxygens (including phenoxy) is 2. The maximum Gasteiger partial charge on any atom is 0.388 e. The Morgan fingerprint density at radius 3 is 2.96 bits per heavy atom. The van der Waals surface area contributed by atoms with Gasteiger partial charge in [0.25, 0.3) is 5.91 Å². The Hall–Kier alpha value is -2.48. The van der Waals surface area contributed by atoms with Crippen molar-refractivity contribution in [3.05, 3.63) is 52.4 Å². The van der Waals surface area contributed by atoms with E-state index in [2.05, 4.69) is 9.72 Å². The number of likely N-dealkylation sites (N-methyl/N-ethyl adjacent to an activating group) is 1. The number of hydrogen-bond donors (Lipinski definition) is 0. The molecule has 2 aromatic rings. The Kier molecular flexibility index (Phi) is 4.71. The maximum absolute atomic E-state index is 13.8. The molecule has 5 nitrogen and oxygen atoms in total. The number of rotatable bonds is 4. The number of carbonyl (C=O) groups is 1. The first-order valence-electron chi connectivity index (χ1n) is 7.17. The zero-order valence-corrected chi connectivity index (χ0v) is 13.6. The number of hydrogen-bond acceptors (Lipinski definition) is 4. The van der Waals surface area contributed by atoms with Crippen LogP contribution in [0.2, 0.25) is 5.02 Å². The van der Waals surface area contributed by atoms with Gasteiger partial charge < -0.3 is 14.4 Å². The smallest absolute Gasteiger partial charge is 0.388 e. The summed E-state index contributed by atoms with van der Waals surface area (Å²) < 4.78 is 48.4. The third-order valence-corrected chi connectivity index (χ3v) is 3.99. The van der Waals surface area contributed by atoms with Gasteiger partial charge in [-0.25, -0.2) is 9.37 Å². The first-order valence-corrected chi connectivity index (χ1v) is 7.55. The number of amides is 1. The topological polar surface area (TPSA) is 51.7 Å². The van der Waals surface area contributed by atoms with E-state index >= 15 is 0 Å². The lowest BCUT2D eigenvalue weighted by Crippen LogP contribution is -2.32. The fraction of sp³-hybridized carbons (Fsp3) is 0.250. The average molecular weight is 373 g/mol. The van der Waals surface area contributed by atoms with Crippen LogP contribution in [0.1, 0.15) is 22.0 Å². The van der Waals surface area contributed by atoms with E-state index in [1.165, 1.54) is 30.1 Å². The van der Waals surface area contributed by atoms with Crippen LogP contribution in [0.5, 0.6) is 11.6 Å². The number of nitrogens with zero attached hydrogens (tertiary/aromatic N) is 2. The minimum Gasteiger partial charge on any atom is -0.488 e. The zero-order chi connectivity index (χ0) is 18.1. The number of fused-ring (bicyclic) bond motifs is 1. The van der Waals surface area contributed by atoms with Gasteiger partial charge in [0, 0.05) is 18.8 Å². The molecule has 1 aliphatic heterocycles. The van der Waals surface area contributed by atoms with Crippen molar-refractivity contribution in [1.82, 2.24) is 9.88 Å². The van der Waals surface area contributed by atoms with E-state index < -0.39 is 30.3 Å². The molecule has 0 N–H and O–H groups in total. The van der Waals surface area contributed by atoms with E-state index in [-0.39, 0.29) is 22.9 Å². The molecule has 1 aromatic heterocycles. The number of aromatic nitrogens is 1. The largest absolute Gasteiger partial charge is 0.488 e. The number of pyridine rings is 1. The molecule has 2 heterocycles. The van der Waals surface area contributed by atoms with Gasteiger partial charge in [-0.2, -0.15) is 8.78 Å². The summed E-state index contributed by atoms with van der Waals surface area (Å²) in [5, 5.41) is 0.0903. The Balaban J connectivity index is 1.92. The summed E-state index contributed by atoms with van der Waals surface area (Å²) in [5.74, 6) is -1.65. The predicted molar refractivity (Wildman–Crippen MR) is 82.6 cm³/mol. The Bertz CT molecular complexity index is 819. The average Bonchev–Trinajstić information content (AvgIpc) is 3.00. The first kappa shape index (κ1) is 17.3. The van der Waals surface area contributed by atoms with Gasteiger partial charge in [0.1, 0.15) is 12.2 Å². The van der Waals surface area contributed by atoms with Crippen molar-refractivity contribution in [3.8, 4) is 11.6 Å². The Morgan fingerprint density at radius 2 is 2.24 bits per heavy atom. The SMILES string of the molecule is CN(C(=O)c1cc(Cl)cnc1OC(F)F)C1COc2c(F)cccc21. The van der Waals surface area contributed by atoms with Crippen LogP contribution in [0.25, 0.3) is 0 Å². The monoisotopic (exact) mass is 372 g/mol. The van der Waals surface area contributed by atoms with Crippen molar-refractivity contribution in [2.45, 2.75) is 12.7 Å². The third kappa shape index (κ3) is 3.34. The summed E-state index contributed by atoms with van der Waals surface area (Å²) >= 11 is 5.81. The van der Waals surface area contributed by atoms with E-state index in [0.717, 1.165) is 6.20 Å². The normalized spacial score (nSPS) is 15.7. The van der Waals surface area contributed by atoms with Gasteiger partial charge in [0.15, 0.2) is 11.6 Å². The number of alkyl halides is 2. The van der Waals surface area contributed by atoms with Gasteiger partial charge in [-0.3, -0.25) is 4.79 Å². The third-order valence-electron chi connectivity index (χ3n) is 3.78. The molecular weight excluding hydrogens is 361 g/mol. The van der Waals surface area contributed by atoms with Crippen molar-refractivity contribution >= 4 is 17.5 Å². The van der Waals surface area contributed by atoms with Gasteiger partial charge in [0.2, 0.25) is 5.88 Å². The van der Waals surface area contributed by atoms with Gasteiger partial charge >= 0.3 is 6.61 Å². The van der Waals surface area contributed by atoms with Crippen LogP contribution in [-0.4, -0.2) is 36.1 Å². The Labute approximate surface area is 145 Å². The molecule has 132 valence electrons. The van der Waals surface area contributed by atoms with Gasteiger partial charge in [0.05, 0.1) is 11.1 Å². The van der Waals surface area contributed by atoms with Crippen LogP contribution in [0.3, 0.4) is 0 Å². The van der Waals surface area contributed by atoms with E-state index in [9.17, 15) is 18.0 Å². The molecule has 1 amide bonds. The fourth-order valence-electron chi connectivity index (χ4n) is 2.60. The van der Waals surface area contributed by atoms with Crippen LogP contribution in [0.15, 0.2) is 30.5 Å². The van der Waals surface area contributed by atoms with E-state index in [4.69, 9.17) is 16.3 Å². The minimum atomic E-state index is -3.14. The Morgan fingerprint density at radius 1 is 1.48 bits per heavy atom. The maximum atomic E-state index is 13.8. The highest BCUT2D eigenvalue weighted by atomic mass is 35.5. The standard InChI is InChI=1S/C16H12ClF3N2O3/c1-22(12-7-24-13-9(12)3-2-4-11(13)18)15(23)10-5-8(17)6-21-14(10)25-16(19)20/h2-6,12,16H,7H2,1H3. The second kappa shape index (κ2) is 6.79. The van der Waals surface area contributed by atoms with Crippen LogP contribution < -0.4 is 9.47 Å². The summed E-state index contributed by atoms with van der Waals surface area (Å²) in [6.07, 6.45) is 1.10. The first-order chi connectivity index (χ1) is 11.9. The molecule has 1 aromatic carbocycles. The van der Waals surface area contributed by atoms with E-state index in [1.54, 1.807) is 6.07 Å². The fourth-order valence-corrected chi connectivity index (χ4v) is 2.76. The number of carbonyl (C=O) groups excluding carboxylic acids is 1. The summed E-state index contributed by atoms with van der Waals surface area (Å²) in [5.41, 5.74) is 0.266. The van der Waals surface area contributed by atoms with E-state index in [0.29, 0.717) is 5.56 Å². The quantitative estimate of drug-likeness (QED) is 0.821. The molecule has 1 aliphatic rings. The van der Waals surface area contributed by atoms with Gasteiger partial charge in [-0.05, 0) is 12.1 Å².